The van der Waals surface area contributed by atoms with Crippen molar-refractivity contribution in [2.45, 2.75) is 4.90 Å². The number of benzene rings is 1. The van der Waals surface area contributed by atoms with Gasteiger partial charge >= 0.3 is 0 Å². The third kappa shape index (κ3) is 2.63. The Morgan fingerprint density at radius 2 is 1.77 bits per heavy atom. The van der Waals surface area contributed by atoms with Crippen LogP contribution < -0.4 is 10.2 Å². The molecule has 3 rings (SSSR count). The van der Waals surface area contributed by atoms with Crippen molar-refractivity contribution in [3.8, 4) is 0 Å². The number of nitrogens with zero attached hydrogens (tertiary/aromatic N) is 3. The van der Waals surface area contributed by atoms with Gasteiger partial charge in [0, 0.05) is 25.1 Å². The van der Waals surface area contributed by atoms with Gasteiger partial charge < -0.3 is 10.2 Å². The molecule has 1 aromatic heterocycles. The number of hydrogen-bond acceptors (Lipinski definition) is 5. The predicted octanol–water partition coefficient (Wildman–Crippen LogP) is 3.00. The van der Waals surface area contributed by atoms with E-state index in [-0.39, 0.29) is 20.9 Å². The van der Waals surface area contributed by atoms with Crippen molar-refractivity contribution in [1.82, 2.24) is 4.98 Å². The fourth-order valence-corrected chi connectivity index (χ4v) is 3.52. The Morgan fingerprint density at radius 3 is 2.45 bits per heavy atom. The smallest absolute Gasteiger partial charge is 0.287 e. The number of rotatable bonds is 1. The molecule has 1 aliphatic rings. The molecule has 0 spiro atoms. The van der Waals surface area contributed by atoms with Crippen molar-refractivity contribution in [3.63, 3.8) is 0 Å². The van der Waals surface area contributed by atoms with Gasteiger partial charge in [-0.15, -0.1) is 4.40 Å². The van der Waals surface area contributed by atoms with E-state index >= 15 is 0 Å². The van der Waals surface area contributed by atoms with Crippen LogP contribution in [0.15, 0.2) is 46.0 Å². The SMILES string of the molecule is CN(C1=NS(=O)(=O)c2cc(Cl)c(Cl)cc2N1)c1ccncc1. The van der Waals surface area contributed by atoms with Crippen molar-refractivity contribution in [3.05, 3.63) is 46.7 Å². The number of sulfonamides is 1. The number of guanidine groups is 1. The van der Waals surface area contributed by atoms with E-state index in [1.807, 2.05) is 0 Å². The number of anilines is 2. The third-order valence-electron chi connectivity index (χ3n) is 3.12. The number of nitrogens with one attached hydrogen (secondary N) is 1. The summed E-state index contributed by atoms with van der Waals surface area (Å²) in [5.74, 6) is 0.164. The maximum atomic E-state index is 12.3. The van der Waals surface area contributed by atoms with Crippen molar-refractivity contribution in [2.24, 2.45) is 4.40 Å². The van der Waals surface area contributed by atoms with Crippen LogP contribution in [0.5, 0.6) is 0 Å². The highest BCUT2D eigenvalue weighted by Gasteiger charge is 2.28. The van der Waals surface area contributed by atoms with Crippen LogP contribution in [0.4, 0.5) is 11.4 Å². The molecule has 22 heavy (non-hydrogen) atoms. The number of aromatic nitrogens is 1. The van der Waals surface area contributed by atoms with Gasteiger partial charge in [-0.3, -0.25) is 4.98 Å². The van der Waals surface area contributed by atoms with Crippen molar-refractivity contribution < 1.29 is 8.42 Å². The van der Waals surface area contributed by atoms with Crippen LogP contribution in [-0.4, -0.2) is 26.4 Å². The molecule has 9 heteroatoms. The molecule has 0 unspecified atom stereocenters. The van der Waals surface area contributed by atoms with Crippen LogP contribution in [0.1, 0.15) is 0 Å². The van der Waals surface area contributed by atoms with Crippen LogP contribution in [0.25, 0.3) is 0 Å². The predicted molar refractivity (Wildman–Crippen MR) is 87.3 cm³/mol. The first-order chi connectivity index (χ1) is 10.4. The van der Waals surface area contributed by atoms with Gasteiger partial charge in [-0.2, -0.15) is 8.42 Å². The summed E-state index contributed by atoms with van der Waals surface area (Å²) in [5.41, 5.74) is 1.07. The molecule has 2 aromatic rings. The second-order valence-corrected chi connectivity index (χ2v) is 6.93. The quantitative estimate of drug-likeness (QED) is 0.849. The summed E-state index contributed by atoms with van der Waals surface area (Å²) in [4.78, 5) is 5.52. The Hall–Kier alpha value is -1.83. The lowest BCUT2D eigenvalue weighted by Crippen LogP contribution is -2.36. The summed E-state index contributed by atoms with van der Waals surface area (Å²) in [7, 11) is -2.16. The van der Waals surface area contributed by atoms with Gasteiger partial charge in [0.15, 0.2) is 0 Å². The molecule has 114 valence electrons. The average Bonchev–Trinajstić information content (AvgIpc) is 2.49. The third-order valence-corrected chi connectivity index (χ3v) is 5.15. The fraction of sp³-hybridized carbons (Fsp3) is 0.0769. The summed E-state index contributed by atoms with van der Waals surface area (Å²) in [6.07, 6.45) is 3.21. The van der Waals surface area contributed by atoms with E-state index < -0.39 is 10.0 Å². The second kappa shape index (κ2) is 5.42. The Balaban J connectivity index is 2.07. The minimum Gasteiger partial charge on any atom is -0.324 e. The lowest BCUT2D eigenvalue weighted by Gasteiger charge is -2.26. The Morgan fingerprint density at radius 1 is 1.14 bits per heavy atom. The highest BCUT2D eigenvalue weighted by molar-refractivity contribution is 7.90. The van der Waals surface area contributed by atoms with E-state index in [1.165, 1.54) is 12.1 Å². The van der Waals surface area contributed by atoms with Crippen LogP contribution in [0.3, 0.4) is 0 Å². The van der Waals surface area contributed by atoms with E-state index in [1.54, 1.807) is 36.5 Å². The van der Waals surface area contributed by atoms with Crippen LogP contribution in [0, 0.1) is 0 Å². The first kappa shape index (κ1) is 15.1. The second-order valence-electron chi connectivity index (χ2n) is 4.54. The molecule has 6 nitrogen and oxygen atoms in total. The van der Waals surface area contributed by atoms with Gasteiger partial charge in [0.05, 0.1) is 15.7 Å². The molecule has 0 amide bonds. The molecule has 1 aliphatic heterocycles. The highest BCUT2D eigenvalue weighted by Crippen LogP contribution is 2.35. The molecule has 0 bridgehead atoms. The monoisotopic (exact) mass is 356 g/mol. The standard InChI is InChI=1S/C13H10Cl2N4O2S/c1-19(8-2-4-16-5-3-8)13-17-11-6-9(14)10(15)7-12(11)22(20,21)18-13/h2-7H,1H3,(H,17,18). The van der Waals surface area contributed by atoms with Crippen LogP contribution in [0.2, 0.25) is 10.0 Å². The lowest BCUT2D eigenvalue weighted by molar-refractivity contribution is 0.597. The zero-order valence-corrected chi connectivity index (χ0v) is 13.6. The maximum Gasteiger partial charge on any atom is 0.287 e. The van der Waals surface area contributed by atoms with E-state index in [2.05, 4.69) is 14.7 Å². The van der Waals surface area contributed by atoms with Crippen LogP contribution >= 0.6 is 23.2 Å². The highest BCUT2D eigenvalue weighted by atomic mass is 35.5. The summed E-state index contributed by atoms with van der Waals surface area (Å²) in [6, 6.07) is 6.22. The number of halogens is 2. The molecule has 0 aliphatic carbocycles. The number of hydrogen-bond donors (Lipinski definition) is 1. The molecular formula is C13H10Cl2N4O2S. The molecule has 1 N–H and O–H groups in total. The van der Waals surface area contributed by atoms with Gasteiger partial charge in [-0.25, -0.2) is 0 Å². The lowest BCUT2D eigenvalue weighted by atomic mass is 10.3. The summed E-state index contributed by atoms with van der Waals surface area (Å²) < 4.78 is 28.4. The zero-order chi connectivity index (χ0) is 15.9. The summed E-state index contributed by atoms with van der Waals surface area (Å²) in [5, 5.41) is 3.37. The summed E-state index contributed by atoms with van der Waals surface area (Å²) >= 11 is 11.8. The minimum absolute atomic E-state index is 0.00576. The van der Waals surface area contributed by atoms with Crippen LogP contribution in [-0.2, 0) is 10.0 Å². The molecule has 2 heterocycles. The van der Waals surface area contributed by atoms with Crippen molar-refractivity contribution in [1.29, 1.82) is 0 Å². The van der Waals surface area contributed by atoms with Gasteiger partial charge in [0.2, 0.25) is 5.96 Å². The molecular weight excluding hydrogens is 347 g/mol. The molecule has 0 atom stereocenters. The van der Waals surface area contributed by atoms with E-state index in [0.717, 1.165) is 5.69 Å². The maximum absolute atomic E-state index is 12.3. The normalized spacial score (nSPS) is 15.5. The molecule has 1 aromatic carbocycles. The Kier molecular flexibility index (Phi) is 3.72. The first-order valence-corrected chi connectivity index (χ1v) is 8.33. The topological polar surface area (TPSA) is 74.7 Å². The Labute approximate surface area is 137 Å². The fourth-order valence-electron chi connectivity index (χ4n) is 1.98. The van der Waals surface area contributed by atoms with E-state index in [0.29, 0.717) is 5.69 Å². The van der Waals surface area contributed by atoms with Crippen molar-refractivity contribution in [2.75, 3.05) is 17.3 Å². The number of pyridine rings is 1. The van der Waals surface area contributed by atoms with E-state index in [9.17, 15) is 8.42 Å². The van der Waals surface area contributed by atoms with E-state index in [4.69, 9.17) is 23.2 Å². The van der Waals surface area contributed by atoms with Crippen molar-refractivity contribution >= 4 is 50.6 Å². The molecule has 0 fully saturated rings. The average molecular weight is 357 g/mol. The minimum atomic E-state index is -3.86. The zero-order valence-electron chi connectivity index (χ0n) is 11.3. The largest absolute Gasteiger partial charge is 0.324 e. The van der Waals surface area contributed by atoms with Gasteiger partial charge in [0.1, 0.15) is 4.90 Å². The molecule has 0 saturated carbocycles. The molecule has 0 saturated heterocycles. The first-order valence-electron chi connectivity index (χ1n) is 6.13. The Bertz CT molecular complexity index is 869. The molecule has 0 radical (unpaired) electrons. The van der Waals surface area contributed by atoms with Gasteiger partial charge in [-0.1, -0.05) is 23.2 Å². The van der Waals surface area contributed by atoms with Gasteiger partial charge in [0.25, 0.3) is 10.0 Å². The summed E-state index contributed by atoms with van der Waals surface area (Å²) in [6.45, 7) is 0. The van der Waals surface area contributed by atoms with Gasteiger partial charge in [-0.05, 0) is 24.3 Å². The number of fused-ring (bicyclic) bond motifs is 1.